The third-order valence-electron chi connectivity index (χ3n) is 4.25. The van der Waals surface area contributed by atoms with Crippen LogP contribution in [0.4, 0.5) is 5.69 Å². The molecule has 1 fully saturated rings. The maximum absolute atomic E-state index is 13.0. The minimum Gasteiger partial charge on any atom is -0.326 e. The number of carbonyl (C=O) groups is 3. The molecular weight excluding hydrogens is 412 g/mol. The summed E-state index contributed by atoms with van der Waals surface area (Å²) in [5.74, 6) is -1.14. The Morgan fingerprint density at radius 3 is 2.52 bits per heavy atom. The van der Waals surface area contributed by atoms with Crippen LogP contribution >= 0.6 is 23.8 Å². The zero-order chi connectivity index (χ0) is 21.0. The van der Waals surface area contributed by atoms with Gasteiger partial charge in [0.25, 0.3) is 5.91 Å². The Morgan fingerprint density at radius 1 is 1.14 bits per heavy atom. The summed E-state index contributed by atoms with van der Waals surface area (Å²) in [6.07, 6.45) is -0.183. The lowest BCUT2D eigenvalue weighted by atomic mass is 10.1. The van der Waals surface area contributed by atoms with Gasteiger partial charge in [-0.3, -0.25) is 24.7 Å². The predicted octanol–water partition coefficient (Wildman–Crippen LogP) is 2.72. The van der Waals surface area contributed by atoms with Crippen LogP contribution < -0.4 is 10.7 Å². The molecule has 1 heterocycles. The van der Waals surface area contributed by atoms with Crippen LogP contribution in [0, 0.1) is 0 Å². The molecule has 2 N–H and O–H groups in total. The number of thiocarbonyl (C=S) groups is 1. The number of benzene rings is 2. The van der Waals surface area contributed by atoms with Gasteiger partial charge in [-0.25, -0.2) is 5.01 Å². The number of carbonyl (C=O) groups excluding carboxylic acids is 3. The Bertz CT molecular complexity index is 954. The lowest BCUT2D eigenvalue weighted by Crippen LogP contribution is -2.49. The molecule has 1 saturated heterocycles. The number of hydrogen-bond acceptors (Lipinski definition) is 4. The molecule has 2 aromatic rings. The number of anilines is 1. The molecule has 0 bridgehead atoms. The quantitative estimate of drug-likeness (QED) is 0.688. The van der Waals surface area contributed by atoms with Crippen molar-refractivity contribution in [3.05, 3.63) is 65.2 Å². The molecule has 1 aliphatic heterocycles. The zero-order valence-electron chi connectivity index (χ0n) is 15.6. The summed E-state index contributed by atoms with van der Waals surface area (Å²) < 4.78 is 0. The highest BCUT2D eigenvalue weighted by Crippen LogP contribution is 2.22. The maximum Gasteiger partial charge on any atom is 0.254 e. The highest BCUT2D eigenvalue weighted by atomic mass is 35.5. The molecule has 3 amide bonds. The van der Waals surface area contributed by atoms with Gasteiger partial charge in [-0.2, -0.15) is 0 Å². The molecule has 1 aliphatic rings. The first kappa shape index (κ1) is 20.8. The number of hydrazine groups is 1. The third-order valence-corrected chi connectivity index (χ3v) is 4.90. The first-order valence-corrected chi connectivity index (χ1v) is 9.65. The monoisotopic (exact) mass is 430 g/mol. The lowest BCUT2D eigenvalue weighted by Gasteiger charge is -2.23. The second-order valence-corrected chi connectivity index (χ2v) is 7.31. The fourth-order valence-electron chi connectivity index (χ4n) is 2.99. The summed E-state index contributed by atoms with van der Waals surface area (Å²) in [6.45, 7) is 1.57. The molecule has 0 aliphatic carbocycles. The van der Waals surface area contributed by atoms with E-state index in [0.29, 0.717) is 10.7 Å². The molecular formula is C20H19ClN4O3S. The molecule has 1 unspecified atom stereocenters. The number of halogens is 1. The second-order valence-electron chi connectivity index (χ2n) is 6.51. The average molecular weight is 431 g/mol. The summed E-state index contributed by atoms with van der Waals surface area (Å²) in [7, 11) is 0. The van der Waals surface area contributed by atoms with Crippen molar-refractivity contribution in [3.63, 3.8) is 0 Å². The minimum absolute atomic E-state index is 0.148. The normalized spacial score (nSPS) is 16.1. The number of amides is 3. The summed E-state index contributed by atoms with van der Waals surface area (Å²) >= 11 is 11.3. The fraction of sp³-hybridized carbons (Fsp3) is 0.200. The van der Waals surface area contributed by atoms with E-state index in [1.54, 1.807) is 24.3 Å². The van der Waals surface area contributed by atoms with Crippen LogP contribution in [-0.2, 0) is 20.9 Å². The summed E-state index contributed by atoms with van der Waals surface area (Å²) in [5, 5.41) is 4.61. The second kappa shape index (κ2) is 9.02. The maximum atomic E-state index is 13.0. The van der Waals surface area contributed by atoms with Gasteiger partial charge in [-0.1, -0.05) is 48.0 Å². The van der Waals surface area contributed by atoms with Crippen molar-refractivity contribution in [3.8, 4) is 0 Å². The van der Waals surface area contributed by atoms with Crippen molar-refractivity contribution in [1.29, 1.82) is 0 Å². The van der Waals surface area contributed by atoms with E-state index in [2.05, 4.69) is 10.7 Å². The Morgan fingerprint density at radius 2 is 1.86 bits per heavy atom. The van der Waals surface area contributed by atoms with Gasteiger partial charge in [-0.05, 0) is 36.0 Å². The van der Waals surface area contributed by atoms with Crippen molar-refractivity contribution in [2.24, 2.45) is 0 Å². The Kier molecular flexibility index (Phi) is 6.46. The van der Waals surface area contributed by atoms with E-state index < -0.39 is 11.9 Å². The van der Waals surface area contributed by atoms with Crippen LogP contribution in [-0.4, -0.2) is 38.8 Å². The van der Waals surface area contributed by atoms with Crippen LogP contribution in [0.15, 0.2) is 54.6 Å². The smallest absolute Gasteiger partial charge is 0.254 e. The van der Waals surface area contributed by atoms with Gasteiger partial charge in [0.2, 0.25) is 11.8 Å². The number of hydrogen-bond donors (Lipinski definition) is 2. The minimum atomic E-state index is -0.936. The summed E-state index contributed by atoms with van der Waals surface area (Å²) in [6, 6.07) is 15.1. The van der Waals surface area contributed by atoms with E-state index in [1.165, 1.54) is 16.8 Å². The molecule has 0 spiro atoms. The topological polar surface area (TPSA) is 81.8 Å². The van der Waals surface area contributed by atoms with E-state index in [4.69, 9.17) is 23.8 Å². The molecule has 9 heteroatoms. The van der Waals surface area contributed by atoms with E-state index in [9.17, 15) is 14.4 Å². The van der Waals surface area contributed by atoms with Crippen LogP contribution in [0.2, 0.25) is 5.02 Å². The van der Waals surface area contributed by atoms with Crippen LogP contribution in [0.5, 0.6) is 0 Å². The van der Waals surface area contributed by atoms with Crippen LogP contribution in [0.1, 0.15) is 18.9 Å². The summed E-state index contributed by atoms with van der Waals surface area (Å²) in [5.41, 5.74) is 3.96. The van der Waals surface area contributed by atoms with Crippen molar-refractivity contribution in [2.75, 3.05) is 5.32 Å². The van der Waals surface area contributed by atoms with Gasteiger partial charge in [0, 0.05) is 17.6 Å². The van der Waals surface area contributed by atoms with Crippen LogP contribution in [0.3, 0.4) is 0 Å². The van der Waals surface area contributed by atoms with Crippen molar-refractivity contribution in [1.82, 2.24) is 15.3 Å². The Labute approximate surface area is 178 Å². The average Bonchev–Trinajstić information content (AvgIpc) is 2.87. The molecule has 0 saturated carbocycles. The SMILES string of the molecule is CC(=O)NN1C(=S)N(Cc2ccccc2)C(=O)C1CC(=O)Nc1cccc(Cl)c1. The van der Waals surface area contributed by atoms with Gasteiger partial charge in [-0.15, -0.1) is 0 Å². The van der Waals surface area contributed by atoms with E-state index >= 15 is 0 Å². The predicted molar refractivity (Wildman–Crippen MR) is 114 cm³/mol. The van der Waals surface area contributed by atoms with E-state index in [0.717, 1.165) is 5.56 Å². The molecule has 7 nitrogen and oxygen atoms in total. The first-order valence-electron chi connectivity index (χ1n) is 8.86. The summed E-state index contributed by atoms with van der Waals surface area (Å²) in [4.78, 5) is 38.5. The van der Waals surface area contributed by atoms with Crippen molar-refractivity contribution >= 4 is 52.3 Å². The Hall–Kier alpha value is -2.97. The number of nitrogens with one attached hydrogen (secondary N) is 2. The lowest BCUT2D eigenvalue weighted by molar-refractivity contribution is -0.132. The van der Waals surface area contributed by atoms with E-state index in [1.807, 2.05) is 30.3 Å². The van der Waals surface area contributed by atoms with Crippen molar-refractivity contribution < 1.29 is 14.4 Å². The van der Waals surface area contributed by atoms with Gasteiger partial charge in [0.05, 0.1) is 13.0 Å². The standard InChI is InChI=1S/C20H19ClN4O3S/c1-13(26)23-25-17(11-18(27)22-16-9-5-8-15(21)10-16)19(28)24(20(25)29)12-14-6-3-2-4-7-14/h2-10,17H,11-12H2,1H3,(H,22,27)(H,23,26). The molecule has 0 aromatic heterocycles. The molecule has 1 atom stereocenters. The highest BCUT2D eigenvalue weighted by Gasteiger charge is 2.44. The number of rotatable bonds is 6. The fourth-order valence-corrected chi connectivity index (χ4v) is 3.51. The molecule has 29 heavy (non-hydrogen) atoms. The van der Waals surface area contributed by atoms with Gasteiger partial charge in [0.15, 0.2) is 5.11 Å². The van der Waals surface area contributed by atoms with Gasteiger partial charge < -0.3 is 5.32 Å². The Balaban J connectivity index is 1.76. The van der Waals surface area contributed by atoms with Crippen LogP contribution in [0.25, 0.3) is 0 Å². The van der Waals surface area contributed by atoms with Crippen molar-refractivity contribution in [2.45, 2.75) is 25.9 Å². The number of nitrogens with zero attached hydrogens (tertiary/aromatic N) is 2. The largest absolute Gasteiger partial charge is 0.326 e. The highest BCUT2D eigenvalue weighted by molar-refractivity contribution is 7.80. The zero-order valence-corrected chi connectivity index (χ0v) is 17.2. The van der Waals surface area contributed by atoms with Gasteiger partial charge in [0.1, 0.15) is 6.04 Å². The molecule has 150 valence electrons. The third kappa shape index (κ3) is 5.10. The molecule has 3 rings (SSSR count). The first-order chi connectivity index (χ1) is 13.8. The molecule has 0 radical (unpaired) electrons. The van der Waals surface area contributed by atoms with Gasteiger partial charge >= 0.3 is 0 Å². The van der Waals surface area contributed by atoms with E-state index in [-0.39, 0.29) is 29.9 Å². The molecule has 2 aromatic carbocycles.